The van der Waals surface area contributed by atoms with Crippen molar-refractivity contribution in [3.63, 3.8) is 0 Å². The number of carbonyl (C=O) groups excluding carboxylic acids is 5. The largest absolute Gasteiger partial charge is 0.459 e. The standard InChI is InChI=1S/C34H48O13/c1-9-10-11-12-13-14-24(38)46-26-18(2)17-23-34(33(8,47-34)30(40)45-23)29(44-21(5)37)27-31(6,28(25(26)39)43-20(4)36)16-15-22(32(27,7)41)42-19(3)35/h15-17,22-23,25-29,39,41H,9-14H2,1-8H3/b18-17-/t22-,23+,25-,26?,27-,28+,29?,31+,32-,33+,34+/m1/s1. The van der Waals surface area contributed by atoms with E-state index in [0.717, 1.165) is 46.5 Å². The normalized spacial score (nSPS) is 41.5. The fourth-order valence-electron chi connectivity index (χ4n) is 7.77. The van der Waals surface area contributed by atoms with Crippen molar-refractivity contribution >= 4 is 29.8 Å². The van der Waals surface area contributed by atoms with E-state index in [4.69, 9.17) is 28.4 Å². The first-order chi connectivity index (χ1) is 21.9. The van der Waals surface area contributed by atoms with Crippen LogP contribution in [0.25, 0.3) is 0 Å². The number of ether oxygens (including phenoxy) is 6. The van der Waals surface area contributed by atoms with Crippen molar-refractivity contribution in [1.29, 1.82) is 0 Å². The number of hydrogen-bond acceptors (Lipinski definition) is 13. The first-order valence-corrected chi connectivity index (χ1v) is 16.3. The first-order valence-electron chi connectivity index (χ1n) is 16.3. The van der Waals surface area contributed by atoms with Gasteiger partial charge in [0.05, 0.1) is 0 Å². The van der Waals surface area contributed by atoms with Crippen molar-refractivity contribution in [1.82, 2.24) is 0 Å². The minimum absolute atomic E-state index is 0.0785. The summed E-state index contributed by atoms with van der Waals surface area (Å²) >= 11 is 0. The van der Waals surface area contributed by atoms with E-state index < -0.39 is 94.6 Å². The molecule has 4 rings (SSSR count). The van der Waals surface area contributed by atoms with E-state index in [0.29, 0.717) is 6.42 Å². The third kappa shape index (κ3) is 6.46. The average molecular weight is 665 g/mol. The van der Waals surface area contributed by atoms with E-state index in [-0.39, 0.29) is 12.0 Å². The van der Waals surface area contributed by atoms with Crippen LogP contribution in [0.2, 0.25) is 0 Å². The quantitative estimate of drug-likeness (QED) is 0.114. The fraction of sp³-hybridized carbons (Fsp3) is 0.735. The van der Waals surface area contributed by atoms with Crippen molar-refractivity contribution in [2.75, 3.05) is 0 Å². The van der Waals surface area contributed by atoms with Gasteiger partial charge in [0, 0.05) is 38.5 Å². The second-order valence-corrected chi connectivity index (χ2v) is 13.7. The Morgan fingerprint density at radius 3 is 2.06 bits per heavy atom. The Labute approximate surface area is 274 Å². The lowest BCUT2D eigenvalue weighted by molar-refractivity contribution is -0.230. The molecule has 2 aliphatic heterocycles. The summed E-state index contributed by atoms with van der Waals surface area (Å²) in [7, 11) is 0. The third-order valence-electron chi connectivity index (χ3n) is 10.1. The zero-order valence-corrected chi connectivity index (χ0v) is 28.4. The van der Waals surface area contributed by atoms with Crippen molar-refractivity contribution in [2.24, 2.45) is 11.3 Å². The Bertz CT molecular complexity index is 1330. The van der Waals surface area contributed by atoms with E-state index in [1.807, 2.05) is 0 Å². The lowest BCUT2D eigenvalue weighted by Gasteiger charge is -2.55. The molecular formula is C34H48O13. The summed E-state index contributed by atoms with van der Waals surface area (Å²) in [5, 5.41) is 24.4. The molecule has 2 unspecified atom stereocenters. The van der Waals surface area contributed by atoms with Crippen LogP contribution in [0.15, 0.2) is 23.8 Å². The summed E-state index contributed by atoms with van der Waals surface area (Å²) in [5.41, 5.74) is -6.81. The average Bonchev–Trinajstić information content (AvgIpc) is 3.55. The predicted octanol–water partition coefficient (Wildman–Crippen LogP) is 2.77. The molecule has 2 heterocycles. The summed E-state index contributed by atoms with van der Waals surface area (Å²) in [6.07, 6.45) is 0.195. The van der Waals surface area contributed by atoms with Gasteiger partial charge in [-0.2, -0.15) is 0 Å². The van der Waals surface area contributed by atoms with Gasteiger partial charge < -0.3 is 38.6 Å². The molecule has 0 aromatic rings. The molecule has 262 valence electrons. The summed E-state index contributed by atoms with van der Waals surface area (Å²) in [5.74, 6) is -5.03. The van der Waals surface area contributed by atoms with Gasteiger partial charge in [-0.05, 0) is 44.9 Å². The molecule has 11 atom stereocenters. The van der Waals surface area contributed by atoms with Crippen molar-refractivity contribution < 1.29 is 62.6 Å². The smallest absolute Gasteiger partial charge is 0.342 e. The monoisotopic (exact) mass is 664 g/mol. The molecule has 2 N–H and O–H groups in total. The van der Waals surface area contributed by atoms with Crippen LogP contribution in [-0.2, 0) is 52.4 Å². The number of hydrogen-bond donors (Lipinski definition) is 2. The number of fused-ring (bicyclic) bond motifs is 1. The van der Waals surface area contributed by atoms with Crippen LogP contribution < -0.4 is 0 Å². The van der Waals surface area contributed by atoms with Crippen LogP contribution in [0.1, 0.15) is 93.9 Å². The minimum atomic E-state index is -2.09. The lowest BCUT2D eigenvalue weighted by Crippen LogP contribution is -2.69. The van der Waals surface area contributed by atoms with Crippen molar-refractivity contribution in [2.45, 2.75) is 147 Å². The molecule has 1 spiro atoms. The van der Waals surface area contributed by atoms with Gasteiger partial charge in [-0.3, -0.25) is 19.2 Å². The Balaban J connectivity index is 1.93. The molecule has 2 saturated heterocycles. The van der Waals surface area contributed by atoms with E-state index in [1.54, 1.807) is 13.8 Å². The molecule has 2 fully saturated rings. The lowest BCUT2D eigenvalue weighted by atomic mass is 9.55. The Morgan fingerprint density at radius 1 is 0.894 bits per heavy atom. The van der Waals surface area contributed by atoms with Crippen LogP contribution in [0.5, 0.6) is 0 Å². The van der Waals surface area contributed by atoms with Crippen molar-refractivity contribution in [3.8, 4) is 0 Å². The fourth-order valence-corrected chi connectivity index (χ4v) is 7.77. The molecule has 2 aliphatic carbocycles. The second kappa shape index (κ2) is 13.3. The molecule has 0 saturated carbocycles. The van der Waals surface area contributed by atoms with Gasteiger partial charge in [-0.1, -0.05) is 45.6 Å². The number of carbonyl (C=O) groups is 5. The molecule has 47 heavy (non-hydrogen) atoms. The highest BCUT2D eigenvalue weighted by atomic mass is 16.7. The van der Waals surface area contributed by atoms with Gasteiger partial charge in [0.25, 0.3) is 0 Å². The number of rotatable bonds is 10. The molecule has 13 heteroatoms. The van der Waals surface area contributed by atoms with Crippen LogP contribution >= 0.6 is 0 Å². The summed E-state index contributed by atoms with van der Waals surface area (Å²) < 4.78 is 35.0. The van der Waals surface area contributed by atoms with Gasteiger partial charge in [-0.25, -0.2) is 4.79 Å². The Kier molecular flexibility index (Phi) is 10.4. The van der Waals surface area contributed by atoms with Gasteiger partial charge in [-0.15, -0.1) is 0 Å². The topological polar surface area (TPSA) is 184 Å². The van der Waals surface area contributed by atoms with E-state index in [2.05, 4.69) is 6.92 Å². The maximum atomic E-state index is 13.3. The summed E-state index contributed by atoms with van der Waals surface area (Å²) in [6, 6.07) is 0. The molecule has 0 amide bonds. The molecule has 4 aliphatic rings. The van der Waals surface area contributed by atoms with E-state index >= 15 is 0 Å². The number of aliphatic hydroxyl groups excluding tert-OH is 1. The van der Waals surface area contributed by atoms with Gasteiger partial charge in [0.2, 0.25) is 0 Å². The first kappa shape index (κ1) is 36.5. The zero-order chi connectivity index (χ0) is 35.1. The maximum Gasteiger partial charge on any atom is 0.342 e. The highest BCUT2D eigenvalue weighted by Gasteiger charge is 2.88. The highest BCUT2D eigenvalue weighted by molar-refractivity contribution is 5.89. The zero-order valence-electron chi connectivity index (χ0n) is 28.4. The second-order valence-electron chi connectivity index (χ2n) is 13.7. The van der Waals surface area contributed by atoms with Gasteiger partial charge >= 0.3 is 29.8 Å². The van der Waals surface area contributed by atoms with E-state index in [1.165, 1.54) is 32.1 Å². The molecule has 0 aromatic carbocycles. The van der Waals surface area contributed by atoms with Crippen molar-refractivity contribution in [3.05, 3.63) is 23.8 Å². The maximum absolute atomic E-state index is 13.3. The number of unbranched alkanes of at least 4 members (excludes halogenated alkanes) is 4. The SMILES string of the molecule is CCCCCCCC(=O)OC1/C(C)=C\[C@@H]2OC(=O)[C@]3(C)O[C@]23C(OC(C)=O)[C@H]2[C@](C)(O)[C@H](OC(C)=O)C=C[C@]2(C)[C@@H](OC(C)=O)[C@@H]1O. The van der Waals surface area contributed by atoms with Crippen LogP contribution in [0.4, 0.5) is 0 Å². The van der Waals surface area contributed by atoms with E-state index in [9.17, 15) is 34.2 Å². The molecule has 0 aromatic heterocycles. The van der Waals surface area contributed by atoms with Gasteiger partial charge in [0.15, 0.2) is 23.4 Å². The molecule has 13 nitrogen and oxygen atoms in total. The molecule has 0 bridgehead atoms. The molecular weight excluding hydrogens is 616 g/mol. The molecule has 0 radical (unpaired) electrons. The third-order valence-corrected chi connectivity index (χ3v) is 10.1. The van der Waals surface area contributed by atoms with Gasteiger partial charge in [0.1, 0.15) is 30.0 Å². The minimum Gasteiger partial charge on any atom is -0.459 e. The Hall–Kier alpha value is -3.29. The Morgan fingerprint density at radius 2 is 1.49 bits per heavy atom. The number of esters is 5. The highest BCUT2D eigenvalue weighted by Crippen LogP contribution is 2.65. The van der Waals surface area contributed by atoms with Crippen LogP contribution in [0.3, 0.4) is 0 Å². The summed E-state index contributed by atoms with van der Waals surface area (Å²) in [6.45, 7) is 11.5. The summed E-state index contributed by atoms with van der Waals surface area (Å²) in [4.78, 5) is 64.0. The van der Waals surface area contributed by atoms with Crippen LogP contribution in [-0.4, -0.2) is 93.5 Å². The number of aliphatic hydroxyl groups is 2. The van der Waals surface area contributed by atoms with Crippen LogP contribution in [0, 0.1) is 11.3 Å². The predicted molar refractivity (Wildman–Crippen MR) is 163 cm³/mol. The number of epoxide rings is 1.